The topological polar surface area (TPSA) is 49.5 Å². The van der Waals surface area contributed by atoms with Gasteiger partial charge in [0.2, 0.25) is 0 Å². The number of nitrogens with two attached hydrogens (primary N) is 1. The Labute approximate surface area is 113 Å². The van der Waals surface area contributed by atoms with Crippen molar-refractivity contribution in [2.75, 3.05) is 19.7 Å². The van der Waals surface area contributed by atoms with Crippen LogP contribution in [0.3, 0.4) is 0 Å². The third kappa shape index (κ3) is 4.87. The average Bonchev–Trinajstić information content (AvgIpc) is 2.54. The molecule has 0 aromatic heterocycles. The van der Waals surface area contributed by atoms with Crippen LogP contribution in [0, 0.1) is 11.8 Å². The molecule has 3 nitrogen and oxygen atoms in total. The Morgan fingerprint density at radius 2 is 2.00 bits per heavy atom. The molecule has 18 heavy (non-hydrogen) atoms. The SMILES string of the molecule is CCC1CCCN(C(CO)C(N)CC(C)C)CC1. The Bertz CT molecular complexity index is 221. The van der Waals surface area contributed by atoms with Crippen molar-refractivity contribution < 1.29 is 5.11 Å². The maximum absolute atomic E-state index is 9.65. The maximum atomic E-state index is 9.65. The molecule has 0 saturated carbocycles. The lowest BCUT2D eigenvalue weighted by Crippen LogP contribution is -2.51. The molecular formula is C15H32N2O. The summed E-state index contributed by atoms with van der Waals surface area (Å²) in [4.78, 5) is 2.43. The minimum atomic E-state index is 0.105. The third-order valence-corrected chi connectivity index (χ3v) is 4.35. The van der Waals surface area contributed by atoms with Gasteiger partial charge in [-0.15, -0.1) is 0 Å². The fourth-order valence-corrected chi connectivity index (χ4v) is 3.15. The predicted octanol–water partition coefficient (Wildman–Crippen LogP) is 2.23. The summed E-state index contributed by atoms with van der Waals surface area (Å²) in [7, 11) is 0. The van der Waals surface area contributed by atoms with E-state index in [2.05, 4.69) is 25.7 Å². The molecule has 0 amide bonds. The number of rotatable bonds is 6. The van der Waals surface area contributed by atoms with Crippen molar-refractivity contribution >= 4 is 0 Å². The quantitative estimate of drug-likeness (QED) is 0.766. The van der Waals surface area contributed by atoms with Crippen molar-refractivity contribution in [1.82, 2.24) is 4.90 Å². The summed E-state index contributed by atoms with van der Waals surface area (Å²) in [6.07, 6.45) is 6.14. The molecule has 108 valence electrons. The molecule has 3 heteroatoms. The summed E-state index contributed by atoms with van der Waals surface area (Å²) in [6, 6.07) is 0.260. The van der Waals surface area contributed by atoms with Crippen LogP contribution in [0.15, 0.2) is 0 Å². The van der Waals surface area contributed by atoms with Crippen molar-refractivity contribution in [2.24, 2.45) is 17.6 Å². The number of aliphatic hydroxyl groups excluding tert-OH is 1. The van der Waals surface area contributed by atoms with E-state index in [1.54, 1.807) is 0 Å². The standard InChI is InChI=1S/C15H32N2O/c1-4-13-6-5-8-17(9-7-13)15(11-18)14(16)10-12(2)3/h12-15,18H,4-11,16H2,1-3H3. The van der Waals surface area contributed by atoms with Crippen LogP contribution < -0.4 is 5.73 Å². The Balaban J connectivity index is 2.53. The zero-order valence-electron chi connectivity index (χ0n) is 12.4. The van der Waals surface area contributed by atoms with Gasteiger partial charge in [-0.3, -0.25) is 4.90 Å². The number of likely N-dealkylation sites (tertiary alicyclic amines) is 1. The van der Waals surface area contributed by atoms with E-state index in [0.717, 1.165) is 25.4 Å². The first-order valence-electron chi connectivity index (χ1n) is 7.68. The summed E-state index contributed by atoms with van der Waals surface area (Å²) in [5.74, 6) is 1.47. The van der Waals surface area contributed by atoms with Gasteiger partial charge in [0, 0.05) is 12.1 Å². The fourth-order valence-electron chi connectivity index (χ4n) is 3.15. The molecule has 1 aliphatic rings. The smallest absolute Gasteiger partial charge is 0.0601 e. The zero-order valence-corrected chi connectivity index (χ0v) is 12.4. The number of hydrogen-bond donors (Lipinski definition) is 2. The molecule has 1 fully saturated rings. The molecule has 0 aliphatic carbocycles. The van der Waals surface area contributed by atoms with E-state index in [1.165, 1.54) is 25.7 Å². The van der Waals surface area contributed by atoms with Crippen molar-refractivity contribution in [1.29, 1.82) is 0 Å². The van der Waals surface area contributed by atoms with Crippen molar-refractivity contribution in [2.45, 2.75) is 65.0 Å². The van der Waals surface area contributed by atoms with Gasteiger partial charge in [-0.05, 0) is 50.6 Å². The molecule has 3 atom stereocenters. The van der Waals surface area contributed by atoms with Crippen LogP contribution in [0.4, 0.5) is 0 Å². The second-order valence-corrected chi connectivity index (χ2v) is 6.28. The number of aliphatic hydroxyl groups is 1. The highest BCUT2D eigenvalue weighted by atomic mass is 16.3. The van der Waals surface area contributed by atoms with E-state index in [0.29, 0.717) is 5.92 Å². The highest BCUT2D eigenvalue weighted by molar-refractivity contribution is 4.84. The van der Waals surface area contributed by atoms with Crippen LogP contribution in [0.5, 0.6) is 0 Å². The Morgan fingerprint density at radius 1 is 1.28 bits per heavy atom. The van der Waals surface area contributed by atoms with Gasteiger partial charge in [-0.1, -0.05) is 27.2 Å². The monoisotopic (exact) mass is 256 g/mol. The van der Waals surface area contributed by atoms with Crippen LogP contribution in [-0.2, 0) is 0 Å². The highest BCUT2D eigenvalue weighted by Gasteiger charge is 2.26. The summed E-state index contributed by atoms with van der Waals surface area (Å²) in [5, 5.41) is 9.65. The van der Waals surface area contributed by atoms with Crippen LogP contribution in [0.1, 0.15) is 52.9 Å². The molecule has 1 heterocycles. The van der Waals surface area contributed by atoms with Crippen molar-refractivity contribution in [3.05, 3.63) is 0 Å². The van der Waals surface area contributed by atoms with Gasteiger partial charge in [0.15, 0.2) is 0 Å². The minimum Gasteiger partial charge on any atom is -0.395 e. The summed E-state index contributed by atoms with van der Waals surface area (Å²) in [5.41, 5.74) is 6.28. The van der Waals surface area contributed by atoms with Gasteiger partial charge in [0.1, 0.15) is 0 Å². The van der Waals surface area contributed by atoms with Gasteiger partial charge in [0.05, 0.1) is 6.61 Å². The van der Waals surface area contributed by atoms with E-state index in [-0.39, 0.29) is 18.7 Å². The van der Waals surface area contributed by atoms with Gasteiger partial charge >= 0.3 is 0 Å². The first-order chi connectivity index (χ1) is 8.58. The first kappa shape index (κ1) is 15.9. The van der Waals surface area contributed by atoms with Gasteiger partial charge in [-0.2, -0.15) is 0 Å². The van der Waals surface area contributed by atoms with Crippen LogP contribution in [0.25, 0.3) is 0 Å². The van der Waals surface area contributed by atoms with Gasteiger partial charge < -0.3 is 10.8 Å². The fraction of sp³-hybridized carbons (Fsp3) is 1.00. The van der Waals surface area contributed by atoms with Crippen molar-refractivity contribution in [3.8, 4) is 0 Å². The third-order valence-electron chi connectivity index (χ3n) is 4.35. The number of hydrogen-bond acceptors (Lipinski definition) is 3. The Morgan fingerprint density at radius 3 is 2.56 bits per heavy atom. The van der Waals surface area contributed by atoms with E-state index in [1.807, 2.05) is 0 Å². The molecule has 0 aromatic carbocycles. The van der Waals surface area contributed by atoms with Crippen LogP contribution in [-0.4, -0.2) is 41.8 Å². The Kier molecular flexibility index (Phi) is 7.20. The lowest BCUT2D eigenvalue weighted by atomic mass is 9.97. The second-order valence-electron chi connectivity index (χ2n) is 6.28. The van der Waals surface area contributed by atoms with E-state index >= 15 is 0 Å². The van der Waals surface area contributed by atoms with Crippen molar-refractivity contribution in [3.63, 3.8) is 0 Å². The average molecular weight is 256 g/mol. The minimum absolute atomic E-state index is 0.105. The molecule has 0 aromatic rings. The molecule has 0 bridgehead atoms. The second kappa shape index (κ2) is 8.13. The molecule has 0 radical (unpaired) electrons. The molecule has 1 rings (SSSR count). The lowest BCUT2D eigenvalue weighted by molar-refractivity contribution is 0.0998. The van der Waals surface area contributed by atoms with E-state index in [9.17, 15) is 5.11 Å². The first-order valence-corrected chi connectivity index (χ1v) is 7.68. The molecule has 3 unspecified atom stereocenters. The van der Waals surface area contributed by atoms with Gasteiger partial charge in [-0.25, -0.2) is 0 Å². The number of nitrogens with zero attached hydrogens (tertiary/aromatic N) is 1. The molecule has 3 N–H and O–H groups in total. The zero-order chi connectivity index (χ0) is 13.5. The molecular weight excluding hydrogens is 224 g/mol. The maximum Gasteiger partial charge on any atom is 0.0601 e. The van der Waals surface area contributed by atoms with E-state index < -0.39 is 0 Å². The molecule has 1 saturated heterocycles. The summed E-state index contributed by atoms with van der Waals surface area (Å²) in [6.45, 7) is 9.09. The summed E-state index contributed by atoms with van der Waals surface area (Å²) < 4.78 is 0. The largest absolute Gasteiger partial charge is 0.395 e. The molecule has 0 spiro atoms. The predicted molar refractivity (Wildman–Crippen MR) is 77.5 cm³/mol. The Hall–Kier alpha value is -0.120. The lowest BCUT2D eigenvalue weighted by Gasteiger charge is -2.34. The molecule has 1 aliphatic heterocycles. The van der Waals surface area contributed by atoms with Gasteiger partial charge in [0.25, 0.3) is 0 Å². The van der Waals surface area contributed by atoms with Crippen LogP contribution in [0.2, 0.25) is 0 Å². The highest BCUT2D eigenvalue weighted by Crippen LogP contribution is 2.22. The summed E-state index contributed by atoms with van der Waals surface area (Å²) >= 11 is 0. The van der Waals surface area contributed by atoms with Crippen LogP contribution >= 0.6 is 0 Å². The normalized spacial score (nSPS) is 26.0. The van der Waals surface area contributed by atoms with E-state index in [4.69, 9.17) is 5.73 Å².